The fourth-order valence-electron chi connectivity index (χ4n) is 3.05. The number of halogens is 3. The summed E-state index contributed by atoms with van der Waals surface area (Å²) >= 11 is 0. The molecule has 0 bridgehead atoms. The molecule has 6 nitrogen and oxygen atoms in total. The Kier molecular flexibility index (Phi) is 6.76. The molecule has 9 heteroatoms. The number of hydrogen-bond donors (Lipinski definition) is 0. The molecule has 0 aliphatic rings. The molecule has 0 unspecified atom stereocenters. The molecule has 0 aliphatic carbocycles. The number of alkyl halides is 3. The van der Waals surface area contributed by atoms with Crippen LogP contribution in [0.5, 0.6) is 11.5 Å². The molecule has 3 aromatic rings. The number of methoxy groups -OCH3 is 1. The average Bonchev–Trinajstić information content (AvgIpc) is 2.77. The Hall–Kier alpha value is -3.49. The van der Waals surface area contributed by atoms with Crippen LogP contribution in [0.3, 0.4) is 0 Å². The maximum Gasteiger partial charge on any atom is 0.421 e. The molecular weight excluding hydrogens is 421 g/mol. The van der Waals surface area contributed by atoms with Crippen molar-refractivity contribution in [3.63, 3.8) is 0 Å². The fourth-order valence-corrected chi connectivity index (χ4v) is 3.05. The van der Waals surface area contributed by atoms with Crippen molar-refractivity contribution in [1.29, 1.82) is 0 Å². The first-order valence-corrected chi connectivity index (χ1v) is 9.92. The van der Waals surface area contributed by atoms with E-state index in [0.29, 0.717) is 22.9 Å². The molecule has 0 saturated carbocycles. The predicted octanol–water partition coefficient (Wildman–Crippen LogP) is 5.83. The molecule has 0 saturated heterocycles. The number of benzene rings is 2. The van der Waals surface area contributed by atoms with Gasteiger partial charge >= 0.3 is 6.18 Å². The maximum absolute atomic E-state index is 13.7. The van der Waals surface area contributed by atoms with Crippen molar-refractivity contribution in [3.8, 4) is 11.5 Å². The monoisotopic (exact) mass is 446 g/mol. The van der Waals surface area contributed by atoms with Crippen molar-refractivity contribution in [2.75, 3.05) is 31.0 Å². The van der Waals surface area contributed by atoms with Crippen LogP contribution in [0.4, 0.5) is 36.3 Å². The molecule has 170 valence electrons. The van der Waals surface area contributed by atoms with Gasteiger partial charge in [0.05, 0.1) is 13.2 Å². The van der Waals surface area contributed by atoms with E-state index in [-0.39, 0.29) is 17.9 Å². The zero-order valence-corrected chi connectivity index (χ0v) is 18.5. The van der Waals surface area contributed by atoms with Crippen LogP contribution in [0.25, 0.3) is 0 Å². The first kappa shape index (κ1) is 23.2. The first-order chi connectivity index (χ1) is 15.1. The fraction of sp³-hybridized carbons (Fsp3) is 0.304. The third kappa shape index (κ3) is 5.22. The van der Waals surface area contributed by atoms with E-state index in [9.17, 15) is 13.2 Å². The van der Waals surface area contributed by atoms with Gasteiger partial charge in [0.1, 0.15) is 17.1 Å². The van der Waals surface area contributed by atoms with Crippen molar-refractivity contribution < 1.29 is 22.6 Å². The second kappa shape index (κ2) is 9.33. The van der Waals surface area contributed by atoms with E-state index in [2.05, 4.69) is 9.97 Å². The number of aromatic nitrogens is 2. The van der Waals surface area contributed by atoms with Gasteiger partial charge in [-0.2, -0.15) is 18.2 Å². The van der Waals surface area contributed by atoms with E-state index in [4.69, 9.17) is 9.47 Å². The van der Waals surface area contributed by atoms with Crippen LogP contribution in [0.2, 0.25) is 0 Å². The number of anilines is 4. The highest BCUT2D eigenvalue weighted by Gasteiger charge is 2.37. The smallest absolute Gasteiger partial charge is 0.421 e. The third-order valence-corrected chi connectivity index (χ3v) is 4.73. The summed E-state index contributed by atoms with van der Waals surface area (Å²) in [5, 5.41) is 0. The number of hydrogen-bond acceptors (Lipinski definition) is 6. The number of ether oxygens (including phenoxy) is 2. The lowest BCUT2D eigenvalue weighted by Crippen LogP contribution is -2.21. The zero-order valence-electron chi connectivity index (χ0n) is 18.5. The van der Waals surface area contributed by atoms with Gasteiger partial charge in [-0.3, -0.25) is 0 Å². The lowest BCUT2D eigenvalue weighted by Gasteiger charge is -2.25. The minimum Gasteiger partial charge on any atom is -0.497 e. The van der Waals surface area contributed by atoms with Gasteiger partial charge in [0.2, 0.25) is 5.95 Å². The normalized spacial score (nSPS) is 11.4. The molecule has 2 aromatic carbocycles. The maximum atomic E-state index is 13.7. The SMILES string of the molecule is COc1ccc(N(C)c2ncc(C(F)(F)F)c(N(C)c3ccc(OC(C)C)cc3)n2)cc1. The minimum atomic E-state index is -4.61. The molecule has 0 atom stereocenters. The molecule has 1 aromatic heterocycles. The summed E-state index contributed by atoms with van der Waals surface area (Å²) in [5.41, 5.74) is 0.312. The summed E-state index contributed by atoms with van der Waals surface area (Å²) in [6.45, 7) is 3.80. The van der Waals surface area contributed by atoms with E-state index < -0.39 is 11.7 Å². The van der Waals surface area contributed by atoms with Gasteiger partial charge in [-0.05, 0) is 62.4 Å². The van der Waals surface area contributed by atoms with Gasteiger partial charge < -0.3 is 19.3 Å². The summed E-state index contributed by atoms with van der Waals surface area (Å²) < 4.78 is 51.9. The van der Waals surface area contributed by atoms with E-state index in [0.717, 1.165) is 6.20 Å². The summed E-state index contributed by atoms with van der Waals surface area (Å²) in [4.78, 5) is 11.2. The van der Waals surface area contributed by atoms with Gasteiger partial charge in [0.15, 0.2) is 5.82 Å². The topological polar surface area (TPSA) is 50.7 Å². The van der Waals surface area contributed by atoms with Crippen LogP contribution in [0.15, 0.2) is 54.7 Å². The molecule has 32 heavy (non-hydrogen) atoms. The standard InChI is InChI=1S/C23H25F3N4O2/c1-15(2)32-19-12-8-16(9-13-19)29(3)21-20(23(24,25)26)14-27-22(28-21)30(4)17-6-10-18(31-5)11-7-17/h6-15H,1-5H3. The van der Waals surface area contributed by atoms with E-state index in [1.54, 1.807) is 67.6 Å². The molecule has 1 heterocycles. The highest BCUT2D eigenvalue weighted by atomic mass is 19.4. The Balaban J connectivity index is 1.98. The van der Waals surface area contributed by atoms with Crippen LogP contribution in [-0.2, 0) is 6.18 Å². The molecule has 0 radical (unpaired) electrons. The minimum absolute atomic E-state index is 0.00618. The highest BCUT2D eigenvalue weighted by molar-refractivity contribution is 5.66. The lowest BCUT2D eigenvalue weighted by molar-refractivity contribution is -0.137. The summed E-state index contributed by atoms with van der Waals surface area (Å²) in [6, 6.07) is 13.9. The Morgan fingerprint density at radius 2 is 1.38 bits per heavy atom. The summed E-state index contributed by atoms with van der Waals surface area (Å²) in [6.07, 6.45) is -3.81. The van der Waals surface area contributed by atoms with Gasteiger partial charge in [0, 0.05) is 31.7 Å². The van der Waals surface area contributed by atoms with Crippen LogP contribution in [-0.4, -0.2) is 37.3 Å². The van der Waals surface area contributed by atoms with E-state index in [1.807, 2.05) is 13.8 Å². The van der Waals surface area contributed by atoms with E-state index in [1.165, 1.54) is 11.9 Å². The predicted molar refractivity (Wildman–Crippen MR) is 118 cm³/mol. The largest absolute Gasteiger partial charge is 0.497 e. The van der Waals surface area contributed by atoms with Crippen molar-refractivity contribution in [1.82, 2.24) is 9.97 Å². The highest BCUT2D eigenvalue weighted by Crippen LogP contribution is 2.38. The quantitative estimate of drug-likeness (QED) is 0.455. The van der Waals surface area contributed by atoms with Crippen LogP contribution >= 0.6 is 0 Å². The molecule has 3 rings (SSSR count). The molecular formula is C23H25F3N4O2. The van der Waals surface area contributed by atoms with E-state index >= 15 is 0 Å². The Labute approximate surface area is 185 Å². The molecule has 0 spiro atoms. The number of nitrogens with zero attached hydrogens (tertiary/aromatic N) is 4. The van der Waals surface area contributed by atoms with Crippen molar-refractivity contribution >= 4 is 23.1 Å². The zero-order chi connectivity index (χ0) is 23.5. The second-order valence-corrected chi connectivity index (χ2v) is 7.38. The second-order valence-electron chi connectivity index (χ2n) is 7.38. The average molecular weight is 446 g/mol. The van der Waals surface area contributed by atoms with Gasteiger partial charge in [-0.1, -0.05) is 0 Å². The van der Waals surface area contributed by atoms with Crippen molar-refractivity contribution in [2.24, 2.45) is 0 Å². The van der Waals surface area contributed by atoms with Gasteiger partial charge in [-0.25, -0.2) is 4.98 Å². The van der Waals surface area contributed by atoms with Crippen LogP contribution in [0, 0.1) is 0 Å². The molecule has 0 N–H and O–H groups in total. The van der Waals surface area contributed by atoms with Crippen molar-refractivity contribution in [2.45, 2.75) is 26.1 Å². The third-order valence-electron chi connectivity index (χ3n) is 4.73. The van der Waals surface area contributed by atoms with Gasteiger partial charge in [-0.15, -0.1) is 0 Å². The van der Waals surface area contributed by atoms with Crippen molar-refractivity contribution in [3.05, 3.63) is 60.3 Å². The van der Waals surface area contributed by atoms with Crippen LogP contribution < -0.4 is 19.3 Å². The number of rotatable bonds is 7. The molecule has 0 fully saturated rings. The lowest BCUT2D eigenvalue weighted by atomic mass is 10.2. The molecule has 0 amide bonds. The Morgan fingerprint density at radius 3 is 1.88 bits per heavy atom. The summed E-state index contributed by atoms with van der Waals surface area (Å²) in [5.74, 6) is 1.18. The summed E-state index contributed by atoms with van der Waals surface area (Å²) in [7, 11) is 4.78. The first-order valence-electron chi connectivity index (χ1n) is 9.92. The Morgan fingerprint density at radius 1 is 0.844 bits per heavy atom. The Bertz CT molecular complexity index is 1040. The van der Waals surface area contributed by atoms with Gasteiger partial charge in [0.25, 0.3) is 0 Å². The van der Waals surface area contributed by atoms with Crippen LogP contribution in [0.1, 0.15) is 19.4 Å². The molecule has 0 aliphatic heterocycles.